The van der Waals surface area contributed by atoms with Crippen molar-refractivity contribution in [3.63, 3.8) is 0 Å². The normalized spacial score (nSPS) is 16.5. The highest BCUT2D eigenvalue weighted by molar-refractivity contribution is 6.01. The Bertz CT molecular complexity index is 2620. The molecular formula is C66H108N8O17. The second-order valence-corrected chi connectivity index (χ2v) is 25.8. The first-order chi connectivity index (χ1) is 42.8. The van der Waals surface area contributed by atoms with Crippen LogP contribution < -0.4 is 26.6 Å². The molecule has 10 atom stereocenters. The standard InChI is InChI=1S/C66H108N8O17/c1-19-43(6)56(51(84-17)39-52(75)74-30-23-26-50(74)58(85-18)44(7)59(78)68-45(8)57(77)46-24-21-20-22-25-46)73(16)62(81)54(41(2)3)71-61(80)55(42(4)5)72(15)53(76)40-89-37-36-88-35-34-87-33-32-86-31-29-67-60(79)47-27-28-48(69-63(82)90-65(9,10)11)49(38-47)70-64(83)91-66(12,13)14/h20-22,24-25,27-28,38,41-45,50-51,54-58,77H,19,23,26,29-37,39-40H2,1-18H3,(H,67,79)(H,68,78)(H,69,82)(H,70,83)(H,71,80)/t43?,44?,45-,50?,51?,54-,55?,56?,57-,58?/m0/s1. The number of nitrogens with zero attached hydrogens (tertiary/aromatic N) is 3. The quantitative estimate of drug-likeness (QED) is 0.0373. The van der Waals surface area contributed by atoms with Crippen LogP contribution in [0.3, 0.4) is 0 Å². The fraction of sp³-hybridized carbons (Fsp3) is 0.697. The fourth-order valence-electron chi connectivity index (χ4n) is 10.7. The Labute approximate surface area is 539 Å². The van der Waals surface area contributed by atoms with Crippen LogP contribution in [-0.4, -0.2) is 215 Å². The molecule has 25 heteroatoms. The summed E-state index contributed by atoms with van der Waals surface area (Å²) < 4.78 is 45.1. The molecule has 2 aromatic carbocycles. The zero-order valence-electron chi connectivity index (χ0n) is 57.3. The number of hydrogen-bond acceptors (Lipinski definition) is 17. The lowest BCUT2D eigenvalue weighted by Crippen LogP contribution is -2.60. The Kier molecular flexibility index (Phi) is 33.3. The zero-order chi connectivity index (χ0) is 68.3. The van der Waals surface area contributed by atoms with E-state index in [-0.39, 0.29) is 118 Å². The van der Waals surface area contributed by atoms with Crippen molar-refractivity contribution in [1.82, 2.24) is 30.7 Å². The Balaban J connectivity index is 1.46. The minimum atomic E-state index is -0.995. The topological polar surface area (TPSA) is 300 Å². The summed E-state index contributed by atoms with van der Waals surface area (Å²) in [5.74, 6) is -3.82. The molecule has 91 heavy (non-hydrogen) atoms. The van der Waals surface area contributed by atoms with Crippen LogP contribution in [0.1, 0.15) is 145 Å². The van der Waals surface area contributed by atoms with E-state index in [1.807, 2.05) is 59.7 Å². The number of amides is 8. The van der Waals surface area contributed by atoms with Gasteiger partial charge in [-0.25, -0.2) is 9.59 Å². The minimum Gasteiger partial charge on any atom is -0.444 e. The van der Waals surface area contributed by atoms with Gasteiger partial charge in [0.2, 0.25) is 29.5 Å². The molecule has 0 radical (unpaired) electrons. The SMILES string of the molecule is CCC(C)C(C(CC(=O)N1CCCC1C(OC)C(C)C(=O)N[C@@H](C)[C@H](O)c1ccccc1)OC)N(C)C(=O)[C@@H](NC(=O)C(C(C)C)N(C)C(=O)COCCOCCOCCOCCNC(=O)c1ccc(NC(=O)OC(C)(C)C)c(NC(=O)OC(C)(C)C)c1)C(C)C. The first-order valence-corrected chi connectivity index (χ1v) is 31.7. The van der Waals surface area contributed by atoms with E-state index in [0.29, 0.717) is 31.4 Å². The van der Waals surface area contributed by atoms with Crippen molar-refractivity contribution in [1.29, 1.82) is 0 Å². The van der Waals surface area contributed by atoms with E-state index < -0.39 is 95.5 Å². The van der Waals surface area contributed by atoms with Crippen LogP contribution in [0.4, 0.5) is 21.0 Å². The van der Waals surface area contributed by atoms with Gasteiger partial charge in [0.05, 0.1) is 106 Å². The Morgan fingerprint density at radius 1 is 0.681 bits per heavy atom. The highest BCUT2D eigenvalue weighted by Gasteiger charge is 2.44. The van der Waals surface area contributed by atoms with E-state index in [9.17, 15) is 43.5 Å². The maximum Gasteiger partial charge on any atom is 0.412 e. The van der Waals surface area contributed by atoms with Crippen molar-refractivity contribution in [2.45, 2.75) is 182 Å². The number of carbonyl (C=O) groups excluding carboxylic acids is 8. The Morgan fingerprint density at radius 3 is 1.77 bits per heavy atom. The van der Waals surface area contributed by atoms with E-state index in [1.165, 1.54) is 44.4 Å². The molecule has 2 aromatic rings. The number of anilines is 2. The van der Waals surface area contributed by atoms with E-state index in [0.717, 1.165) is 0 Å². The molecule has 8 amide bonds. The van der Waals surface area contributed by atoms with Gasteiger partial charge in [-0.3, -0.25) is 39.4 Å². The lowest BCUT2D eigenvalue weighted by Gasteiger charge is -2.41. The summed E-state index contributed by atoms with van der Waals surface area (Å²) in [6.45, 7) is 26.8. The van der Waals surface area contributed by atoms with Crippen molar-refractivity contribution < 1.29 is 81.4 Å². The first kappa shape index (κ1) is 78.8. The van der Waals surface area contributed by atoms with E-state index in [2.05, 4.69) is 26.6 Å². The Morgan fingerprint density at radius 2 is 1.24 bits per heavy atom. The second-order valence-electron chi connectivity index (χ2n) is 25.8. The molecule has 0 spiro atoms. The molecule has 6 N–H and O–H groups in total. The maximum absolute atomic E-state index is 14.7. The molecule has 1 aliphatic heterocycles. The number of aliphatic hydroxyl groups is 1. The molecule has 25 nitrogen and oxygen atoms in total. The van der Waals surface area contributed by atoms with Gasteiger partial charge in [-0.2, -0.15) is 0 Å². The zero-order valence-corrected chi connectivity index (χ0v) is 57.3. The molecule has 514 valence electrons. The summed E-state index contributed by atoms with van der Waals surface area (Å²) in [5, 5.41) is 24.8. The molecule has 1 fully saturated rings. The third-order valence-electron chi connectivity index (χ3n) is 15.6. The van der Waals surface area contributed by atoms with Crippen molar-refractivity contribution in [2.24, 2.45) is 23.7 Å². The number of hydrogen-bond donors (Lipinski definition) is 6. The van der Waals surface area contributed by atoms with Crippen LogP contribution in [0.5, 0.6) is 0 Å². The number of methoxy groups -OCH3 is 2. The van der Waals surface area contributed by atoms with Gasteiger partial charge in [0.1, 0.15) is 29.9 Å². The summed E-state index contributed by atoms with van der Waals surface area (Å²) in [7, 11) is 6.23. The van der Waals surface area contributed by atoms with Crippen LogP contribution in [0, 0.1) is 23.7 Å². The summed E-state index contributed by atoms with van der Waals surface area (Å²) in [4.78, 5) is 113. The lowest BCUT2D eigenvalue weighted by atomic mass is 9.89. The molecule has 1 saturated heterocycles. The smallest absolute Gasteiger partial charge is 0.412 e. The minimum absolute atomic E-state index is 0.0620. The number of nitrogens with one attached hydrogen (secondary N) is 5. The van der Waals surface area contributed by atoms with Gasteiger partial charge in [0, 0.05) is 47.0 Å². The van der Waals surface area contributed by atoms with E-state index in [1.54, 1.807) is 84.4 Å². The number of carbonyl (C=O) groups is 8. The average molecular weight is 1290 g/mol. The van der Waals surface area contributed by atoms with Crippen LogP contribution in [0.2, 0.25) is 0 Å². The molecule has 0 bridgehead atoms. The number of ether oxygens (including phenoxy) is 8. The van der Waals surface area contributed by atoms with Gasteiger partial charge in [0.25, 0.3) is 5.91 Å². The largest absolute Gasteiger partial charge is 0.444 e. The lowest BCUT2D eigenvalue weighted by molar-refractivity contribution is -0.149. The molecule has 0 aromatic heterocycles. The molecule has 0 aliphatic carbocycles. The average Bonchev–Trinajstić information content (AvgIpc) is 2.04. The van der Waals surface area contributed by atoms with Gasteiger partial charge in [-0.1, -0.05) is 85.2 Å². The number of benzene rings is 2. The highest BCUT2D eigenvalue weighted by atomic mass is 16.6. The van der Waals surface area contributed by atoms with Gasteiger partial charge in [-0.05, 0) is 103 Å². The van der Waals surface area contributed by atoms with Crippen molar-refractivity contribution in [3.8, 4) is 0 Å². The number of rotatable bonds is 37. The Hall–Kier alpha value is -6.48. The van der Waals surface area contributed by atoms with Crippen LogP contribution in [0.25, 0.3) is 0 Å². The van der Waals surface area contributed by atoms with E-state index >= 15 is 0 Å². The maximum atomic E-state index is 14.7. The molecule has 3 rings (SSSR count). The summed E-state index contributed by atoms with van der Waals surface area (Å²) in [6, 6.07) is 9.93. The summed E-state index contributed by atoms with van der Waals surface area (Å²) >= 11 is 0. The van der Waals surface area contributed by atoms with E-state index in [4.69, 9.17) is 37.9 Å². The molecular weight excluding hydrogens is 1180 g/mol. The van der Waals surface area contributed by atoms with Crippen LogP contribution in [-0.2, 0) is 61.9 Å². The molecule has 7 unspecified atom stereocenters. The van der Waals surface area contributed by atoms with Gasteiger partial charge >= 0.3 is 12.2 Å². The van der Waals surface area contributed by atoms with Crippen molar-refractivity contribution in [2.75, 3.05) is 105 Å². The third kappa shape index (κ3) is 26.2. The molecule has 1 aliphatic rings. The third-order valence-corrected chi connectivity index (χ3v) is 15.6. The highest BCUT2D eigenvalue weighted by Crippen LogP contribution is 2.31. The first-order valence-electron chi connectivity index (χ1n) is 31.7. The number of likely N-dealkylation sites (tertiary alicyclic amines) is 1. The summed E-state index contributed by atoms with van der Waals surface area (Å²) in [5.41, 5.74) is -0.351. The predicted octanol–water partition coefficient (Wildman–Crippen LogP) is 6.96. The number of likely N-dealkylation sites (N-methyl/N-ethyl adjacent to an activating group) is 2. The van der Waals surface area contributed by atoms with Crippen LogP contribution >= 0.6 is 0 Å². The number of aliphatic hydroxyl groups excluding tert-OH is 1. The van der Waals surface area contributed by atoms with Gasteiger partial charge in [-0.15, -0.1) is 0 Å². The van der Waals surface area contributed by atoms with Gasteiger partial charge in [0.15, 0.2) is 0 Å². The monoisotopic (exact) mass is 1280 g/mol. The molecule has 1 heterocycles. The predicted molar refractivity (Wildman–Crippen MR) is 345 cm³/mol. The van der Waals surface area contributed by atoms with Crippen molar-refractivity contribution in [3.05, 3.63) is 59.7 Å². The van der Waals surface area contributed by atoms with Gasteiger partial charge < -0.3 is 73.7 Å². The second kappa shape index (κ2) is 38.5. The molecule has 0 saturated carbocycles. The summed E-state index contributed by atoms with van der Waals surface area (Å²) in [6.07, 6.45) is -1.94. The fourth-order valence-corrected chi connectivity index (χ4v) is 10.7. The van der Waals surface area contributed by atoms with Crippen LogP contribution in [0.15, 0.2) is 48.5 Å². The van der Waals surface area contributed by atoms with Crippen molar-refractivity contribution >= 4 is 59.0 Å².